The van der Waals surface area contributed by atoms with Gasteiger partial charge in [0.05, 0.1) is 18.5 Å². The highest BCUT2D eigenvalue weighted by atomic mass is 16.5. The van der Waals surface area contributed by atoms with Gasteiger partial charge in [0.15, 0.2) is 11.3 Å². The molecule has 1 saturated heterocycles. The van der Waals surface area contributed by atoms with Crippen LogP contribution in [0.5, 0.6) is 0 Å². The molecule has 0 aliphatic carbocycles. The summed E-state index contributed by atoms with van der Waals surface area (Å²) < 4.78 is 6.75. The zero-order chi connectivity index (χ0) is 17.5. The summed E-state index contributed by atoms with van der Waals surface area (Å²) in [5, 5.41) is 8.36. The fourth-order valence-electron chi connectivity index (χ4n) is 3.42. The zero-order valence-corrected chi connectivity index (χ0v) is 15.0. The van der Waals surface area contributed by atoms with E-state index in [-0.39, 0.29) is 17.3 Å². The van der Waals surface area contributed by atoms with Gasteiger partial charge in [-0.1, -0.05) is 26.0 Å². The van der Waals surface area contributed by atoms with E-state index in [9.17, 15) is 4.79 Å². The molecule has 0 N–H and O–H groups in total. The van der Waals surface area contributed by atoms with Gasteiger partial charge in [0.1, 0.15) is 0 Å². The molecule has 0 amide bonds. The molecule has 0 aromatic carbocycles. The van der Waals surface area contributed by atoms with Gasteiger partial charge in [-0.05, 0) is 23.8 Å². The third-order valence-corrected chi connectivity index (χ3v) is 5.02. The van der Waals surface area contributed by atoms with Gasteiger partial charge in [0.2, 0.25) is 0 Å². The molecule has 130 valence electrons. The number of esters is 1. The minimum atomic E-state index is -0.153. The number of nitrogens with zero attached hydrogens (tertiary/aromatic N) is 5. The molecule has 0 bridgehead atoms. The number of hydrogen-bond donors (Lipinski definition) is 0. The highest BCUT2D eigenvalue weighted by molar-refractivity contribution is 5.86. The summed E-state index contributed by atoms with van der Waals surface area (Å²) in [5.41, 5.74) is 1.81. The first-order valence-electron chi connectivity index (χ1n) is 8.28. The lowest BCUT2D eigenvalue weighted by molar-refractivity contribution is -0.146. The Balaban J connectivity index is 1.99. The fraction of sp³-hybridized carbons (Fsp3) is 0.647. The van der Waals surface area contributed by atoms with Crippen LogP contribution in [0, 0.1) is 17.3 Å². The number of methoxy groups -OCH3 is 1. The van der Waals surface area contributed by atoms with E-state index in [0.29, 0.717) is 12.5 Å². The SMILES string of the molecule is COC(=O)[C@@H]1C[C@H](C(C)(C)C)CN(c2nccc3c2nnn3C)C1. The summed E-state index contributed by atoms with van der Waals surface area (Å²) in [6.45, 7) is 8.09. The van der Waals surface area contributed by atoms with Crippen molar-refractivity contribution >= 4 is 22.8 Å². The van der Waals surface area contributed by atoms with Crippen molar-refractivity contribution in [2.45, 2.75) is 27.2 Å². The molecule has 3 heterocycles. The molecule has 0 saturated carbocycles. The Bertz CT molecular complexity index is 749. The first-order valence-corrected chi connectivity index (χ1v) is 8.28. The number of piperidine rings is 1. The van der Waals surface area contributed by atoms with Crippen LogP contribution in [0.1, 0.15) is 27.2 Å². The minimum absolute atomic E-state index is 0.0984. The number of ether oxygens (including phenoxy) is 1. The van der Waals surface area contributed by atoms with Crippen LogP contribution in [0.3, 0.4) is 0 Å². The summed E-state index contributed by atoms with van der Waals surface area (Å²) in [6, 6.07) is 1.90. The quantitative estimate of drug-likeness (QED) is 0.784. The highest BCUT2D eigenvalue weighted by Crippen LogP contribution is 2.38. The second-order valence-corrected chi connectivity index (χ2v) is 7.64. The Hall–Kier alpha value is -2.18. The monoisotopic (exact) mass is 331 g/mol. The van der Waals surface area contributed by atoms with Crippen LogP contribution in [0.2, 0.25) is 0 Å². The van der Waals surface area contributed by atoms with Gasteiger partial charge in [-0.25, -0.2) is 9.67 Å². The lowest BCUT2D eigenvalue weighted by Crippen LogP contribution is -2.47. The number of aryl methyl sites for hydroxylation is 1. The Morgan fingerprint density at radius 3 is 2.75 bits per heavy atom. The maximum atomic E-state index is 12.2. The normalized spacial score (nSPS) is 22.0. The first-order chi connectivity index (χ1) is 11.3. The average molecular weight is 331 g/mol. The second-order valence-electron chi connectivity index (χ2n) is 7.64. The number of aromatic nitrogens is 4. The van der Waals surface area contributed by atoms with Crippen molar-refractivity contribution < 1.29 is 9.53 Å². The third-order valence-electron chi connectivity index (χ3n) is 5.02. The van der Waals surface area contributed by atoms with Crippen molar-refractivity contribution in [3.05, 3.63) is 12.3 Å². The van der Waals surface area contributed by atoms with Crippen molar-refractivity contribution in [1.29, 1.82) is 0 Å². The van der Waals surface area contributed by atoms with Crippen molar-refractivity contribution in [2.75, 3.05) is 25.1 Å². The predicted octanol–water partition coefficient (Wildman–Crippen LogP) is 2.02. The molecule has 7 nitrogen and oxygen atoms in total. The van der Waals surface area contributed by atoms with Crippen molar-refractivity contribution in [3.63, 3.8) is 0 Å². The molecule has 1 aliphatic rings. The molecular formula is C17H25N5O2. The van der Waals surface area contributed by atoms with Crippen LogP contribution in [-0.2, 0) is 16.6 Å². The molecule has 24 heavy (non-hydrogen) atoms. The van der Waals surface area contributed by atoms with Gasteiger partial charge in [0.25, 0.3) is 0 Å². The van der Waals surface area contributed by atoms with Gasteiger partial charge in [-0.3, -0.25) is 4.79 Å². The number of fused-ring (bicyclic) bond motifs is 1. The van der Waals surface area contributed by atoms with E-state index in [1.165, 1.54) is 7.11 Å². The predicted molar refractivity (Wildman–Crippen MR) is 91.6 cm³/mol. The summed E-state index contributed by atoms with van der Waals surface area (Å²) in [7, 11) is 3.32. The Morgan fingerprint density at radius 2 is 2.08 bits per heavy atom. The molecule has 2 atom stereocenters. The number of rotatable bonds is 2. The fourth-order valence-corrected chi connectivity index (χ4v) is 3.42. The van der Waals surface area contributed by atoms with Gasteiger partial charge in [-0.15, -0.1) is 5.10 Å². The van der Waals surface area contributed by atoms with E-state index in [1.807, 2.05) is 13.1 Å². The van der Waals surface area contributed by atoms with Crippen LogP contribution in [0.15, 0.2) is 12.3 Å². The number of anilines is 1. The van der Waals surface area contributed by atoms with Gasteiger partial charge in [0, 0.05) is 26.3 Å². The van der Waals surface area contributed by atoms with Crippen molar-refractivity contribution in [2.24, 2.45) is 24.3 Å². The second kappa shape index (κ2) is 6.03. The lowest BCUT2D eigenvalue weighted by atomic mass is 9.73. The molecule has 2 aromatic rings. The lowest BCUT2D eigenvalue weighted by Gasteiger charge is -2.42. The largest absolute Gasteiger partial charge is 0.469 e. The van der Waals surface area contributed by atoms with Crippen LogP contribution >= 0.6 is 0 Å². The zero-order valence-electron chi connectivity index (χ0n) is 15.0. The summed E-state index contributed by atoms with van der Waals surface area (Å²) >= 11 is 0. The molecular weight excluding hydrogens is 306 g/mol. The Kier molecular flexibility index (Phi) is 4.19. The van der Waals surface area contributed by atoms with Gasteiger partial charge >= 0.3 is 5.97 Å². The van der Waals surface area contributed by atoms with Crippen LogP contribution in [0.25, 0.3) is 11.0 Å². The first kappa shape index (κ1) is 16.7. The van der Waals surface area contributed by atoms with E-state index in [1.54, 1.807) is 10.9 Å². The maximum Gasteiger partial charge on any atom is 0.310 e. The number of pyridine rings is 1. The van der Waals surface area contributed by atoms with Gasteiger partial charge in [-0.2, -0.15) is 0 Å². The van der Waals surface area contributed by atoms with E-state index < -0.39 is 0 Å². The van der Waals surface area contributed by atoms with Crippen molar-refractivity contribution in [3.8, 4) is 0 Å². The summed E-state index contributed by atoms with van der Waals surface area (Å²) in [4.78, 5) is 18.9. The molecule has 3 rings (SSSR count). The van der Waals surface area contributed by atoms with E-state index in [0.717, 1.165) is 29.8 Å². The van der Waals surface area contributed by atoms with Crippen LogP contribution < -0.4 is 4.90 Å². The van der Waals surface area contributed by atoms with E-state index in [2.05, 4.69) is 41.0 Å². The number of hydrogen-bond acceptors (Lipinski definition) is 6. The molecule has 1 fully saturated rings. The topological polar surface area (TPSA) is 73.1 Å². The molecule has 2 aromatic heterocycles. The van der Waals surface area contributed by atoms with Gasteiger partial charge < -0.3 is 9.64 Å². The maximum absolute atomic E-state index is 12.2. The van der Waals surface area contributed by atoms with Crippen molar-refractivity contribution in [1.82, 2.24) is 20.0 Å². The summed E-state index contributed by atoms with van der Waals surface area (Å²) in [5.74, 6) is 0.856. The number of carbonyl (C=O) groups is 1. The molecule has 0 unspecified atom stereocenters. The Labute approximate surface area is 142 Å². The standard InChI is InChI=1S/C17H25N5O2/c1-17(2,3)12-8-11(16(23)24-5)9-22(10-12)15-14-13(6-7-18-15)21(4)20-19-14/h6-7,11-12H,8-10H2,1-5H3/t11-,12+/m1/s1. The molecule has 1 aliphatic heterocycles. The van der Waals surface area contributed by atoms with E-state index in [4.69, 9.17) is 4.74 Å². The number of carbonyl (C=O) groups excluding carboxylic acids is 1. The average Bonchev–Trinajstić information content (AvgIpc) is 2.94. The highest BCUT2D eigenvalue weighted by Gasteiger charge is 2.38. The minimum Gasteiger partial charge on any atom is -0.469 e. The van der Waals surface area contributed by atoms with Crippen LogP contribution in [0.4, 0.5) is 5.82 Å². The Morgan fingerprint density at radius 1 is 1.33 bits per heavy atom. The third kappa shape index (κ3) is 2.95. The molecule has 7 heteroatoms. The van der Waals surface area contributed by atoms with Crippen LogP contribution in [-0.4, -0.2) is 46.1 Å². The van der Waals surface area contributed by atoms with E-state index >= 15 is 0 Å². The molecule has 0 radical (unpaired) electrons. The smallest absolute Gasteiger partial charge is 0.310 e. The summed E-state index contributed by atoms with van der Waals surface area (Å²) in [6.07, 6.45) is 2.61. The molecule has 0 spiro atoms.